The van der Waals surface area contributed by atoms with Gasteiger partial charge in [0.2, 0.25) is 0 Å². The summed E-state index contributed by atoms with van der Waals surface area (Å²) in [4.78, 5) is 22.4. The molecule has 8 heteroatoms. The number of nitrogens with one attached hydrogen (secondary N) is 1. The average molecular weight is 379 g/mol. The summed E-state index contributed by atoms with van der Waals surface area (Å²) in [5.41, 5.74) is 6.04. The number of nitrogens with two attached hydrogens (primary N) is 1. The highest BCUT2D eigenvalue weighted by molar-refractivity contribution is 9.10. The van der Waals surface area contributed by atoms with Crippen LogP contribution in [0.5, 0.6) is 0 Å². The molecule has 0 spiro atoms. The van der Waals surface area contributed by atoms with Crippen LogP contribution in [-0.2, 0) is 0 Å². The van der Waals surface area contributed by atoms with Crippen LogP contribution in [0.2, 0.25) is 0 Å². The zero-order valence-corrected chi connectivity index (χ0v) is 13.7. The summed E-state index contributed by atoms with van der Waals surface area (Å²) in [5.74, 6) is 0.0906. The minimum Gasteiger partial charge on any atom is -0.349 e. The van der Waals surface area contributed by atoms with Gasteiger partial charge in [0.05, 0.1) is 10.5 Å². The Bertz CT molecular complexity index is 541. The van der Waals surface area contributed by atoms with E-state index in [1.807, 2.05) is 0 Å². The number of benzene rings is 1. The number of nitro groups is 1. The second kappa shape index (κ2) is 7.72. The van der Waals surface area contributed by atoms with Crippen molar-refractivity contribution in [3.05, 3.63) is 38.3 Å². The topological polar surface area (TPSA) is 98.3 Å². The number of carbonyl (C=O) groups is 1. The number of halogens is 2. The average Bonchev–Trinajstić information content (AvgIpc) is 2.85. The Morgan fingerprint density at radius 3 is 2.76 bits per heavy atom. The Morgan fingerprint density at radius 1 is 1.48 bits per heavy atom. The standard InChI is InChI=1S/C13H16BrN3O3.ClH/c14-11-6-9(17(19)20)4-5-10(11)13(18)16-12-3-1-2-8(12)7-15;/h4-6,8,12H,1-3,7,15H2,(H,16,18);1H. The molecule has 2 unspecified atom stereocenters. The van der Waals surface area contributed by atoms with Gasteiger partial charge in [0.25, 0.3) is 11.6 Å². The molecule has 2 rings (SSSR count). The van der Waals surface area contributed by atoms with E-state index in [4.69, 9.17) is 5.73 Å². The lowest BCUT2D eigenvalue weighted by Crippen LogP contribution is -2.40. The number of rotatable bonds is 4. The maximum absolute atomic E-state index is 12.2. The van der Waals surface area contributed by atoms with E-state index in [-0.39, 0.29) is 30.0 Å². The van der Waals surface area contributed by atoms with Crippen molar-refractivity contribution in [3.8, 4) is 0 Å². The first-order chi connectivity index (χ1) is 9.52. The van der Waals surface area contributed by atoms with Crippen molar-refractivity contribution in [1.29, 1.82) is 0 Å². The smallest absolute Gasteiger partial charge is 0.270 e. The summed E-state index contributed by atoms with van der Waals surface area (Å²) in [5, 5.41) is 13.6. The van der Waals surface area contributed by atoms with Crippen LogP contribution in [0.15, 0.2) is 22.7 Å². The van der Waals surface area contributed by atoms with Gasteiger partial charge in [-0.2, -0.15) is 0 Å². The summed E-state index contributed by atoms with van der Waals surface area (Å²) >= 11 is 3.21. The van der Waals surface area contributed by atoms with E-state index in [2.05, 4.69) is 21.2 Å². The van der Waals surface area contributed by atoms with Crippen LogP contribution in [0.3, 0.4) is 0 Å². The summed E-state index contributed by atoms with van der Waals surface area (Å²) < 4.78 is 0.423. The molecule has 3 N–H and O–H groups in total. The SMILES string of the molecule is Cl.NCC1CCCC1NC(=O)c1ccc([N+](=O)[O-])cc1Br. The molecule has 21 heavy (non-hydrogen) atoms. The fourth-order valence-electron chi connectivity index (χ4n) is 2.56. The Balaban J connectivity index is 0.00000220. The lowest BCUT2D eigenvalue weighted by atomic mass is 10.0. The number of nitrogens with zero attached hydrogens (tertiary/aromatic N) is 1. The van der Waals surface area contributed by atoms with Gasteiger partial charge in [-0.25, -0.2) is 0 Å². The second-order valence-electron chi connectivity index (χ2n) is 4.93. The van der Waals surface area contributed by atoms with Crippen molar-refractivity contribution in [1.82, 2.24) is 5.32 Å². The molecule has 1 fully saturated rings. The molecule has 6 nitrogen and oxygen atoms in total. The minimum atomic E-state index is -0.492. The highest BCUT2D eigenvalue weighted by Crippen LogP contribution is 2.27. The molecule has 0 saturated heterocycles. The van der Waals surface area contributed by atoms with Gasteiger partial charge < -0.3 is 11.1 Å². The first-order valence-electron chi connectivity index (χ1n) is 6.47. The van der Waals surface area contributed by atoms with E-state index in [9.17, 15) is 14.9 Å². The zero-order chi connectivity index (χ0) is 14.7. The maximum atomic E-state index is 12.2. The molecule has 0 heterocycles. The summed E-state index contributed by atoms with van der Waals surface area (Å²) in [6, 6.07) is 4.22. The van der Waals surface area contributed by atoms with E-state index in [0.29, 0.717) is 22.5 Å². The molecule has 1 saturated carbocycles. The Labute approximate surface area is 137 Å². The molecule has 0 bridgehead atoms. The van der Waals surface area contributed by atoms with E-state index in [1.165, 1.54) is 18.2 Å². The molecule has 2 atom stereocenters. The van der Waals surface area contributed by atoms with Crippen LogP contribution in [0.1, 0.15) is 29.6 Å². The first-order valence-corrected chi connectivity index (χ1v) is 7.27. The van der Waals surface area contributed by atoms with Crippen molar-refractivity contribution in [2.75, 3.05) is 6.54 Å². The van der Waals surface area contributed by atoms with E-state index in [0.717, 1.165) is 19.3 Å². The fraction of sp³-hybridized carbons (Fsp3) is 0.462. The van der Waals surface area contributed by atoms with E-state index >= 15 is 0 Å². The van der Waals surface area contributed by atoms with Crippen LogP contribution >= 0.6 is 28.3 Å². The van der Waals surface area contributed by atoms with E-state index < -0.39 is 4.92 Å². The number of carbonyl (C=O) groups excluding carboxylic acids is 1. The van der Waals surface area contributed by atoms with Crippen molar-refractivity contribution in [3.63, 3.8) is 0 Å². The molecule has 0 radical (unpaired) electrons. The molecule has 1 aromatic carbocycles. The van der Waals surface area contributed by atoms with Gasteiger partial charge in [0.1, 0.15) is 0 Å². The third kappa shape index (κ3) is 4.15. The third-order valence-electron chi connectivity index (χ3n) is 3.69. The van der Waals surface area contributed by atoms with Gasteiger partial charge >= 0.3 is 0 Å². The lowest BCUT2D eigenvalue weighted by molar-refractivity contribution is -0.384. The van der Waals surface area contributed by atoms with Gasteiger partial charge in [-0.1, -0.05) is 6.42 Å². The molecular formula is C13H17BrClN3O3. The zero-order valence-electron chi connectivity index (χ0n) is 11.3. The quantitative estimate of drug-likeness (QED) is 0.621. The van der Waals surface area contributed by atoms with Crippen molar-refractivity contribution in [2.24, 2.45) is 11.7 Å². The Hall–Kier alpha value is -1.18. The van der Waals surface area contributed by atoms with Crippen molar-refractivity contribution in [2.45, 2.75) is 25.3 Å². The highest BCUT2D eigenvalue weighted by Gasteiger charge is 2.28. The van der Waals surface area contributed by atoms with Crippen molar-refractivity contribution < 1.29 is 9.72 Å². The normalized spacial score (nSPS) is 20.7. The predicted molar refractivity (Wildman–Crippen MR) is 85.7 cm³/mol. The minimum absolute atomic E-state index is 0. The number of hydrogen-bond acceptors (Lipinski definition) is 4. The maximum Gasteiger partial charge on any atom is 0.270 e. The summed E-state index contributed by atoms with van der Waals surface area (Å²) in [6.45, 7) is 0.562. The predicted octanol–water partition coefficient (Wildman–Crippen LogP) is 2.64. The van der Waals surface area contributed by atoms with Gasteiger partial charge in [-0.05, 0) is 47.3 Å². The summed E-state index contributed by atoms with van der Waals surface area (Å²) in [6.07, 6.45) is 3.02. The number of non-ortho nitro benzene ring substituents is 1. The van der Waals surface area contributed by atoms with Crippen LogP contribution < -0.4 is 11.1 Å². The summed E-state index contributed by atoms with van der Waals surface area (Å²) in [7, 11) is 0. The molecule has 0 aliphatic heterocycles. The lowest BCUT2D eigenvalue weighted by Gasteiger charge is -2.19. The van der Waals surface area contributed by atoms with Crippen LogP contribution in [0, 0.1) is 16.0 Å². The van der Waals surface area contributed by atoms with Crippen LogP contribution in [-0.4, -0.2) is 23.4 Å². The van der Waals surface area contributed by atoms with Crippen molar-refractivity contribution >= 4 is 39.9 Å². The fourth-order valence-corrected chi connectivity index (χ4v) is 3.10. The molecule has 0 aromatic heterocycles. The van der Waals surface area contributed by atoms with Gasteiger partial charge in [0, 0.05) is 22.6 Å². The first kappa shape index (κ1) is 17.9. The largest absolute Gasteiger partial charge is 0.349 e. The van der Waals surface area contributed by atoms with E-state index in [1.54, 1.807) is 0 Å². The number of amides is 1. The monoisotopic (exact) mass is 377 g/mol. The van der Waals surface area contributed by atoms with Crippen LogP contribution in [0.25, 0.3) is 0 Å². The number of hydrogen-bond donors (Lipinski definition) is 2. The van der Waals surface area contributed by atoms with Gasteiger partial charge in [-0.15, -0.1) is 12.4 Å². The van der Waals surface area contributed by atoms with Crippen LogP contribution in [0.4, 0.5) is 5.69 Å². The third-order valence-corrected chi connectivity index (χ3v) is 4.34. The molecule has 1 aliphatic carbocycles. The molecule has 1 aliphatic rings. The van der Waals surface area contributed by atoms with Gasteiger partial charge in [0.15, 0.2) is 0 Å². The number of nitro benzene ring substituents is 1. The van der Waals surface area contributed by atoms with Gasteiger partial charge in [-0.3, -0.25) is 14.9 Å². The molecular weight excluding hydrogens is 362 g/mol. The molecule has 116 valence electrons. The molecule has 1 aromatic rings. The molecule has 1 amide bonds. The second-order valence-corrected chi connectivity index (χ2v) is 5.78. The highest BCUT2D eigenvalue weighted by atomic mass is 79.9. The Kier molecular flexibility index (Phi) is 6.57. The Morgan fingerprint density at radius 2 is 2.19 bits per heavy atom.